The summed E-state index contributed by atoms with van der Waals surface area (Å²) in [5.74, 6) is -0.203. The summed E-state index contributed by atoms with van der Waals surface area (Å²) < 4.78 is 0. The quantitative estimate of drug-likeness (QED) is 0.703. The van der Waals surface area contributed by atoms with Crippen molar-refractivity contribution in [1.82, 2.24) is 10.2 Å². The highest BCUT2D eigenvalue weighted by Crippen LogP contribution is 2.17. The highest BCUT2D eigenvalue weighted by molar-refractivity contribution is 6.03. The van der Waals surface area contributed by atoms with E-state index in [4.69, 9.17) is 0 Å². The van der Waals surface area contributed by atoms with Gasteiger partial charge in [-0.1, -0.05) is 6.92 Å². The Labute approximate surface area is 91.0 Å². The summed E-state index contributed by atoms with van der Waals surface area (Å²) in [6.45, 7) is 9.13. The van der Waals surface area contributed by atoms with Crippen LogP contribution in [0.25, 0.3) is 0 Å². The van der Waals surface area contributed by atoms with Gasteiger partial charge in [0, 0.05) is 31.0 Å². The van der Waals surface area contributed by atoms with Gasteiger partial charge in [-0.05, 0) is 20.8 Å². The van der Waals surface area contributed by atoms with Crippen molar-refractivity contribution < 1.29 is 9.59 Å². The third-order valence-electron chi connectivity index (χ3n) is 2.46. The molecule has 2 amide bonds. The van der Waals surface area contributed by atoms with Crippen LogP contribution in [0.4, 0.5) is 0 Å². The zero-order chi connectivity index (χ0) is 11.6. The number of hydrogen-bond donors (Lipinski definition) is 1. The van der Waals surface area contributed by atoms with Crippen LogP contribution in [0.2, 0.25) is 0 Å². The highest BCUT2D eigenvalue weighted by atomic mass is 16.2. The monoisotopic (exact) mass is 212 g/mol. The summed E-state index contributed by atoms with van der Waals surface area (Å²) in [6, 6.07) is 0. The summed E-state index contributed by atoms with van der Waals surface area (Å²) in [5, 5.41) is 3.26. The Hall–Kier alpha value is -0.900. The van der Waals surface area contributed by atoms with E-state index < -0.39 is 0 Å². The first-order chi connectivity index (χ1) is 6.81. The molecule has 0 spiro atoms. The fourth-order valence-corrected chi connectivity index (χ4v) is 1.63. The van der Waals surface area contributed by atoms with E-state index in [2.05, 4.69) is 26.1 Å². The van der Waals surface area contributed by atoms with E-state index in [-0.39, 0.29) is 23.3 Å². The van der Waals surface area contributed by atoms with Crippen molar-refractivity contribution in [3.8, 4) is 0 Å². The lowest BCUT2D eigenvalue weighted by molar-refractivity contribution is -0.139. The van der Waals surface area contributed by atoms with Gasteiger partial charge < -0.3 is 5.32 Å². The van der Waals surface area contributed by atoms with Gasteiger partial charge in [-0.3, -0.25) is 14.5 Å². The Morgan fingerprint density at radius 3 is 2.40 bits per heavy atom. The lowest BCUT2D eigenvalue weighted by Gasteiger charge is -2.22. The van der Waals surface area contributed by atoms with Crippen molar-refractivity contribution in [2.75, 3.05) is 13.1 Å². The summed E-state index contributed by atoms with van der Waals surface area (Å²) in [6.07, 6.45) is 0.369. The standard InChI is InChI=1S/C11H20N2O2/c1-8-7-9(14)13(10(8)15)6-5-12-11(2,3)4/h8,12H,5-7H2,1-4H3. The van der Waals surface area contributed by atoms with Gasteiger partial charge >= 0.3 is 0 Å². The molecule has 0 aromatic heterocycles. The normalized spacial score (nSPS) is 22.7. The molecule has 1 saturated heterocycles. The maximum Gasteiger partial charge on any atom is 0.232 e. The molecule has 1 N–H and O–H groups in total. The molecule has 0 radical (unpaired) electrons. The largest absolute Gasteiger partial charge is 0.310 e. The van der Waals surface area contributed by atoms with Crippen LogP contribution >= 0.6 is 0 Å². The third-order valence-corrected chi connectivity index (χ3v) is 2.46. The molecule has 4 nitrogen and oxygen atoms in total. The van der Waals surface area contributed by atoms with E-state index in [1.54, 1.807) is 6.92 Å². The van der Waals surface area contributed by atoms with Gasteiger partial charge in [0.1, 0.15) is 0 Å². The Balaban J connectivity index is 2.39. The lowest BCUT2D eigenvalue weighted by atomic mass is 10.1. The van der Waals surface area contributed by atoms with Crippen molar-refractivity contribution in [3.63, 3.8) is 0 Å². The van der Waals surface area contributed by atoms with Crippen LogP contribution in [0.1, 0.15) is 34.1 Å². The average Bonchev–Trinajstić information content (AvgIpc) is 2.29. The van der Waals surface area contributed by atoms with Crippen LogP contribution in [0.15, 0.2) is 0 Å². The molecule has 0 aromatic carbocycles. The Morgan fingerprint density at radius 2 is 2.00 bits per heavy atom. The summed E-state index contributed by atoms with van der Waals surface area (Å²) in [7, 11) is 0. The molecule has 0 aromatic rings. The van der Waals surface area contributed by atoms with Crippen LogP contribution in [0, 0.1) is 5.92 Å². The van der Waals surface area contributed by atoms with E-state index in [0.29, 0.717) is 19.5 Å². The topological polar surface area (TPSA) is 49.4 Å². The number of nitrogens with one attached hydrogen (secondary N) is 1. The number of likely N-dealkylation sites (tertiary alicyclic amines) is 1. The van der Waals surface area contributed by atoms with E-state index in [1.807, 2.05) is 0 Å². The minimum absolute atomic E-state index is 0.0252. The molecule has 1 atom stereocenters. The molecule has 1 unspecified atom stereocenters. The number of carbonyl (C=O) groups is 2. The molecule has 0 saturated carbocycles. The van der Waals surface area contributed by atoms with Gasteiger partial charge in [-0.15, -0.1) is 0 Å². The maximum atomic E-state index is 11.5. The minimum atomic E-state index is -0.132. The molecule has 1 heterocycles. The number of imide groups is 1. The van der Waals surface area contributed by atoms with Gasteiger partial charge in [0.25, 0.3) is 0 Å². The number of carbonyl (C=O) groups excluding carboxylic acids is 2. The minimum Gasteiger partial charge on any atom is -0.310 e. The van der Waals surface area contributed by atoms with Crippen LogP contribution < -0.4 is 5.32 Å². The van der Waals surface area contributed by atoms with Crippen molar-refractivity contribution in [2.45, 2.75) is 39.7 Å². The third kappa shape index (κ3) is 3.30. The second kappa shape index (κ2) is 4.31. The number of nitrogens with zero attached hydrogens (tertiary/aromatic N) is 1. The molecular formula is C11H20N2O2. The Kier molecular flexibility index (Phi) is 3.50. The van der Waals surface area contributed by atoms with Crippen molar-refractivity contribution in [3.05, 3.63) is 0 Å². The van der Waals surface area contributed by atoms with Gasteiger partial charge in [0.15, 0.2) is 0 Å². The van der Waals surface area contributed by atoms with Gasteiger partial charge in [-0.2, -0.15) is 0 Å². The zero-order valence-electron chi connectivity index (χ0n) is 9.96. The van der Waals surface area contributed by atoms with E-state index >= 15 is 0 Å². The molecule has 1 fully saturated rings. The molecular weight excluding hydrogens is 192 g/mol. The van der Waals surface area contributed by atoms with E-state index in [1.165, 1.54) is 4.90 Å². The molecule has 0 bridgehead atoms. The number of amides is 2. The summed E-state index contributed by atoms with van der Waals surface area (Å²) in [5.41, 5.74) is 0.0252. The van der Waals surface area contributed by atoms with E-state index in [9.17, 15) is 9.59 Å². The van der Waals surface area contributed by atoms with E-state index in [0.717, 1.165) is 0 Å². The fourth-order valence-electron chi connectivity index (χ4n) is 1.63. The first kappa shape index (κ1) is 12.2. The average molecular weight is 212 g/mol. The van der Waals surface area contributed by atoms with Crippen LogP contribution in [0.3, 0.4) is 0 Å². The number of rotatable bonds is 3. The molecule has 86 valence electrons. The first-order valence-electron chi connectivity index (χ1n) is 5.40. The molecule has 1 rings (SSSR count). The summed E-state index contributed by atoms with van der Waals surface area (Å²) >= 11 is 0. The van der Waals surface area contributed by atoms with Crippen molar-refractivity contribution >= 4 is 11.8 Å². The molecule has 1 aliphatic heterocycles. The fraction of sp³-hybridized carbons (Fsp3) is 0.818. The molecule has 15 heavy (non-hydrogen) atoms. The van der Waals surface area contributed by atoms with Crippen molar-refractivity contribution in [2.24, 2.45) is 5.92 Å². The summed E-state index contributed by atoms with van der Waals surface area (Å²) in [4.78, 5) is 24.3. The lowest BCUT2D eigenvalue weighted by Crippen LogP contribution is -2.43. The van der Waals surface area contributed by atoms with Gasteiger partial charge in [0.2, 0.25) is 11.8 Å². The van der Waals surface area contributed by atoms with Crippen molar-refractivity contribution in [1.29, 1.82) is 0 Å². The zero-order valence-corrected chi connectivity index (χ0v) is 9.96. The van der Waals surface area contributed by atoms with Gasteiger partial charge in [0.05, 0.1) is 0 Å². The highest BCUT2D eigenvalue weighted by Gasteiger charge is 2.34. The molecule has 4 heteroatoms. The smallest absolute Gasteiger partial charge is 0.232 e. The second-order valence-corrected chi connectivity index (χ2v) is 5.17. The van der Waals surface area contributed by atoms with Crippen LogP contribution in [-0.4, -0.2) is 35.3 Å². The van der Waals surface area contributed by atoms with Crippen LogP contribution in [-0.2, 0) is 9.59 Å². The predicted molar refractivity (Wildman–Crippen MR) is 58.3 cm³/mol. The predicted octanol–water partition coefficient (Wildman–Crippen LogP) is 0.769. The van der Waals surface area contributed by atoms with Crippen LogP contribution in [0.5, 0.6) is 0 Å². The number of hydrogen-bond acceptors (Lipinski definition) is 3. The molecule has 1 aliphatic rings. The molecule has 0 aliphatic carbocycles. The Morgan fingerprint density at radius 1 is 1.40 bits per heavy atom. The SMILES string of the molecule is CC1CC(=O)N(CCNC(C)(C)C)C1=O. The first-order valence-corrected chi connectivity index (χ1v) is 5.40. The maximum absolute atomic E-state index is 11.5. The second-order valence-electron chi connectivity index (χ2n) is 5.17. The Bertz CT molecular complexity index is 268. The van der Waals surface area contributed by atoms with Gasteiger partial charge in [-0.25, -0.2) is 0 Å².